The van der Waals surface area contributed by atoms with E-state index in [0.29, 0.717) is 11.4 Å². The molecule has 5 heteroatoms. The van der Waals surface area contributed by atoms with Crippen molar-refractivity contribution in [3.63, 3.8) is 0 Å². The average molecular weight is 376 g/mol. The van der Waals surface area contributed by atoms with Gasteiger partial charge in [0, 0.05) is 15.5 Å². The van der Waals surface area contributed by atoms with Crippen molar-refractivity contribution >= 4 is 35.0 Å². The number of benzene rings is 3. The molecular weight excluding hydrogens is 356 g/mol. The van der Waals surface area contributed by atoms with Crippen molar-refractivity contribution in [2.24, 2.45) is 0 Å². The summed E-state index contributed by atoms with van der Waals surface area (Å²) in [5.41, 5.74) is 3.24. The lowest BCUT2D eigenvalue weighted by molar-refractivity contribution is -0.133. The molecule has 0 heterocycles. The summed E-state index contributed by atoms with van der Waals surface area (Å²) < 4.78 is 0. The second-order valence-electron chi connectivity index (χ2n) is 6.07. The number of nitrogens with one attached hydrogen (secondary N) is 2. The topological polar surface area (TPSA) is 58.2 Å². The van der Waals surface area contributed by atoms with Crippen LogP contribution in [0.15, 0.2) is 82.6 Å². The molecule has 0 saturated heterocycles. The Morgan fingerprint density at radius 3 is 2.04 bits per heavy atom. The summed E-state index contributed by atoms with van der Waals surface area (Å²) in [5.74, 6) is -1.39. The van der Waals surface area contributed by atoms with E-state index in [-0.39, 0.29) is 0 Å². The van der Waals surface area contributed by atoms with Gasteiger partial charge in [0.05, 0.1) is 5.69 Å². The van der Waals surface area contributed by atoms with E-state index in [4.69, 9.17) is 0 Å². The van der Waals surface area contributed by atoms with Crippen LogP contribution in [0, 0.1) is 13.8 Å². The molecule has 0 aliphatic heterocycles. The molecule has 3 rings (SSSR count). The normalized spacial score (nSPS) is 10.3. The third-order valence-corrected chi connectivity index (χ3v) is 5.25. The molecule has 0 spiro atoms. The number of hydrogen-bond donors (Lipinski definition) is 2. The zero-order valence-electron chi connectivity index (χ0n) is 15.2. The number of para-hydroxylation sites is 1. The van der Waals surface area contributed by atoms with Crippen LogP contribution in [-0.2, 0) is 9.59 Å². The Balaban J connectivity index is 1.72. The van der Waals surface area contributed by atoms with E-state index in [2.05, 4.69) is 10.6 Å². The van der Waals surface area contributed by atoms with Crippen molar-refractivity contribution in [1.29, 1.82) is 0 Å². The van der Waals surface area contributed by atoms with E-state index in [1.807, 2.05) is 74.5 Å². The first-order chi connectivity index (χ1) is 13.0. The largest absolute Gasteiger partial charge is 0.318 e. The minimum atomic E-state index is -0.697. The molecule has 0 aliphatic carbocycles. The smallest absolute Gasteiger partial charge is 0.314 e. The quantitative estimate of drug-likeness (QED) is 0.628. The second-order valence-corrected chi connectivity index (χ2v) is 7.18. The highest BCUT2D eigenvalue weighted by Gasteiger charge is 2.17. The number of rotatable bonds is 4. The highest BCUT2D eigenvalue weighted by atomic mass is 32.2. The van der Waals surface area contributed by atoms with Crippen LogP contribution < -0.4 is 10.6 Å². The first-order valence-electron chi connectivity index (χ1n) is 8.55. The minimum Gasteiger partial charge on any atom is -0.318 e. The maximum atomic E-state index is 12.4. The predicted octanol–water partition coefficient (Wildman–Crippen LogP) is 5.03. The van der Waals surface area contributed by atoms with E-state index < -0.39 is 11.8 Å². The predicted molar refractivity (Wildman–Crippen MR) is 110 cm³/mol. The number of anilines is 2. The molecule has 0 fully saturated rings. The van der Waals surface area contributed by atoms with E-state index in [0.717, 1.165) is 20.9 Å². The standard InChI is InChI=1S/C22H20N2O2S/c1-15-9-8-13-18(16(15)2)23-21(25)22(26)24-19-12-6-7-14-20(19)27-17-10-4-3-5-11-17/h3-14H,1-2H3,(H,23,25)(H,24,26). The molecule has 0 aromatic heterocycles. The van der Waals surface area contributed by atoms with Gasteiger partial charge in [-0.3, -0.25) is 9.59 Å². The van der Waals surface area contributed by atoms with Gasteiger partial charge in [-0.25, -0.2) is 0 Å². The fourth-order valence-electron chi connectivity index (χ4n) is 2.52. The molecule has 0 atom stereocenters. The van der Waals surface area contributed by atoms with Gasteiger partial charge >= 0.3 is 11.8 Å². The molecule has 3 aromatic rings. The van der Waals surface area contributed by atoms with Gasteiger partial charge in [0.1, 0.15) is 0 Å². The fraction of sp³-hybridized carbons (Fsp3) is 0.0909. The molecular formula is C22H20N2O2S. The van der Waals surface area contributed by atoms with Crippen LogP contribution in [0.2, 0.25) is 0 Å². The SMILES string of the molecule is Cc1cccc(NC(=O)C(=O)Nc2ccccc2Sc2ccccc2)c1C. The van der Waals surface area contributed by atoms with Crippen LogP contribution >= 0.6 is 11.8 Å². The molecule has 0 aliphatic rings. The van der Waals surface area contributed by atoms with Gasteiger partial charge in [-0.05, 0) is 55.3 Å². The van der Waals surface area contributed by atoms with E-state index in [1.54, 1.807) is 12.1 Å². The Bertz CT molecular complexity index is 971. The summed E-state index contributed by atoms with van der Waals surface area (Å²) >= 11 is 1.53. The zero-order chi connectivity index (χ0) is 19.2. The molecule has 0 radical (unpaired) electrons. The van der Waals surface area contributed by atoms with Crippen LogP contribution in [-0.4, -0.2) is 11.8 Å². The Labute approximate surface area is 163 Å². The van der Waals surface area contributed by atoms with Gasteiger partial charge in [0.2, 0.25) is 0 Å². The number of aryl methyl sites for hydroxylation is 1. The Morgan fingerprint density at radius 2 is 1.30 bits per heavy atom. The molecule has 3 aromatic carbocycles. The number of amides is 2. The van der Waals surface area contributed by atoms with Crippen LogP contribution in [0.25, 0.3) is 0 Å². The first-order valence-corrected chi connectivity index (χ1v) is 9.37. The lowest BCUT2D eigenvalue weighted by atomic mass is 10.1. The van der Waals surface area contributed by atoms with E-state index >= 15 is 0 Å². The van der Waals surface area contributed by atoms with Crippen molar-refractivity contribution in [3.8, 4) is 0 Å². The lowest BCUT2D eigenvalue weighted by Crippen LogP contribution is -2.29. The third kappa shape index (κ3) is 4.77. The number of carbonyl (C=O) groups is 2. The van der Waals surface area contributed by atoms with Crippen LogP contribution in [0.5, 0.6) is 0 Å². The minimum absolute atomic E-state index is 0.604. The number of hydrogen-bond acceptors (Lipinski definition) is 3. The summed E-state index contributed by atoms with van der Waals surface area (Å²) in [5, 5.41) is 5.40. The monoisotopic (exact) mass is 376 g/mol. The van der Waals surface area contributed by atoms with Crippen molar-refractivity contribution in [1.82, 2.24) is 0 Å². The Kier molecular flexibility index (Phi) is 5.94. The summed E-state index contributed by atoms with van der Waals surface area (Å²) in [6.45, 7) is 3.87. The zero-order valence-corrected chi connectivity index (χ0v) is 16.0. The molecule has 0 saturated carbocycles. The van der Waals surface area contributed by atoms with Crippen LogP contribution in [0.4, 0.5) is 11.4 Å². The Morgan fingerprint density at radius 1 is 0.704 bits per heavy atom. The molecule has 27 heavy (non-hydrogen) atoms. The summed E-state index contributed by atoms with van der Waals surface area (Å²) in [7, 11) is 0. The molecule has 2 amide bonds. The summed E-state index contributed by atoms with van der Waals surface area (Å²) in [6.07, 6.45) is 0. The van der Waals surface area contributed by atoms with Gasteiger partial charge in [-0.1, -0.05) is 54.2 Å². The van der Waals surface area contributed by atoms with Gasteiger partial charge in [0.15, 0.2) is 0 Å². The molecule has 2 N–H and O–H groups in total. The van der Waals surface area contributed by atoms with Gasteiger partial charge in [0.25, 0.3) is 0 Å². The van der Waals surface area contributed by atoms with E-state index in [9.17, 15) is 9.59 Å². The maximum absolute atomic E-state index is 12.4. The summed E-state index contributed by atoms with van der Waals surface area (Å²) in [6, 6.07) is 22.9. The second kappa shape index (κ2) is 8.56. The van der Waals surface area contributed by atoms with Crippen LogP contribution in [0.3, 0.4) is 0 Å². The van der Waals surface area contributed by atoms with Crippen molar-refractivity contribution < 1.29 is 9.59 Å². The Hall–Kier alpha value is -3.05. The molecule has 0 unspecified atom stereocenters. The van der Waals surface area contributed by atoms with Gasteiger partial charge in [-0.15, -0.1) is 0 Å². The van der Waals surface area contributed by atoms with Crippen LogP contribution in [0.1, 0.15) is 11.1 Å². The van der Waals surface area contributed by atoms with Crippen molar-refractivity contribution in [2.75, 3.05) is 10.6 Å². The highest BCUT2D eigenvalue weighted by molar-refractivity contribution is 7.99. The maximum Gasteiger partial charge on any atom is 0.314 e. The fourth-order valence-corrected chi connectivity index (χ4v) is 3.44. The molecule has 0 bridgehead atoms. The van der Waals surface area contributed by atoms with Crippen molar-refractivity contribution in [2.45, 2.75) is 23.6 Å². The summed E-state index contributed by atoms with van der Waals surface area (Å²) in [4.78, 5) is 26.6. The number of carbonyl (C=O) groups excluding carboxylic acids is 2. The van der Waals surface area contributed by atoms with Gasteiger partial charge in [-0.2, -0.15) is 0 Å². The first kappa shape index (κ1) is 18.7. The third-order valence-electron chi connectivity index (χ3n) is 4.17. The molecule has 136 valence electrons. The van der Waals surface area contributed by atoms with E-state index in [1.165, 1.54) is 11.8 Å². The molecule has 4 nitrogen and oxygen atoms in total. The lowest BCUT2D eigenvalue weighted by Gasteiger charge is -2.12. The van der Waals surface area contributed by atoms with Gasteiger partial charge < -0.3 is 10.6 Å². The average Bonchev–Trinajstić information content (AvgIpc) is 2.67. The highest BCUT2D eigenvalue weighted by Crippen LogP contribution is 2.33. The van der Waals surface area contributed by atoms with Crippen molar-refractivity contribution in [3.05, 3.63) is 83.9 Å².